The number of carbonyl (C=O) groups is 1. The number of guanidine groups is 1. The molecule has 1 aliphatic rings. The SMILES string of the molecule is CCNC(=NCC(=O)N1CCc2ccccc2C1)NCc1ncc(C(C)(C)C)o1. The zero-order chi connectivity index (χ0) is 20.9. The second-order valence-electron chi connectivity index (χ2n) is 8.25. The van der Waals surface area contributed by atoms with Gasteiger partial charge in [-0.25, -0.2) is 9.98 Å². The fourth-order valence-electron chi connectivity index (χ4n) is 3.20. The van der Waals surface area contributed by atoms with Gasteiger partial charge in [-0.2, -0.15) is 0 Å². The van der Waals surface area contributed by atoms with Gasteiger partial charge in [0.2, 0.25) is 11.8 Å². The fourth-order valence-corrected chi connectivity index (χ4v) is 3.20. The third-order valence-electron chi connectivity index (χ3n) is 4.90. The molecule has 0 unspecified atom stereocenters. The molecular formula is C22H31N5O2. The molecule has 7 heteroatoms. The Morgan fingerprint density at radius 3 is 2.69 bits per heavy atom. The van der Waals surface area contributed by atoms with Gasteiger partial charge < -0.3 is 20.0 Å². The molecule has 2 N–H and O–H groups in total. The van der Waals surface area contributed by atoms with E-state index in [-0.39, 0.29) is 17.9 Å². The second-order valence-corrected chi connectivity index (χ2v) is 8.25. The van der Waals surface area contributed by atoms with Gasteiger partial charge in [-0.1, -0.05) is 45.0 Å². The minimum atomic E-state index is -0.0800. The Balaban J connectivity index is 1.56. The molecule has 1 aromatic heterocycles. The lowest BCUT2D eigenvalue weighted by atomic mass is 9.94. The van der Waals surface area contributed by atoms with E-state index >= 15 is 0 Å². The van der Waals surface area contributed by atoms with Crippen LogP contribution >= 0.6 is 0 Å². The maximum atomic E-state index is 12.6. The molecule has 0 radical (unpaired) electrons. The van der Waals surface area contributed by atoms with Crippen LogP contribution in [0.3, 0.4) is 0 Å². The third-order valence-corrected chi connectivity index (χ3v) is 4.90. The normalized spacial score (nSPS) is 14.5. The summed E-state index contributed by atoms with van der Waals surface area (Å²) in [6, 6.07) is 8.29. The van der Waals surface area contributed by atoms with E-state index in [1.54, 1.807) is 6.20 Å². The van der Waals surface area contributed by atoms with E-state index in [4.69, 9.17) is 4.42 Å². The molecule has 0 spiro atoms. The number of amides is 1. The van der Waals surface area contributed by atoms with Crippen LogP contribution in [0.2, 0.25) is 0 Å². The summed E-state index contributed by atoms with van der Waals surface area (Å²) in [5, 5.41) is 6.35. The minimum Gasteiger partial charge on any atom is -0.443 e. The summed E-state index contributed by atoms with van der Waals surface area (Å²) in [6.45, 7) is 10.9. The maximum Gasteiger partial charge on any atom is 0.244 e. The van der Waals surface area contributed by atoms with Gasteiger partial charge in [-0.15, -0.1) is 0 Å². The van der Waals surface area contributed by atoms with Crippen molar-refractivity contribution < 1.29 is 9.21 Å². The van der Waals surface area contributed by atoms with Crippen molar-refractivity contribution in [2.45, 2.75) is 52.6 Å². The number of nitrogens with one attached hydrogen (secondary N) is 2. The summed E-state index contributed by atoms with van der Waals surface area (Å²) in [5.41, 5.74) is 2.47. The molecule has 0 saturated heterocycles. The fraction of sp³-hybridized carbons (Fsp3) is 0.500. The lowest BCUT2D eigenvalue weighted by Crippen LogP contribution is -2.40. The van der Waals surface area contributed by atoms with E-state index in [9.17, 15) is 4.79 Å². The molecule has 2 aromatic rings. The standard InChI is InChI=1S/C22H31N5O2/c1-5-23-21(25-13-19-24-12-18(29-19)22(2,3)4)26-14-20(28)27-11-10-16-8-6-7-9-17(16)15-27/h6-9,12H,5,10-11,13-15H2,1-4H3,(H2,23,25,26). The Hall–Kier alpha value is -2.83. The van der Waals surface area contributed by atoms with Crippen LogP contribution in [0.25, 0.3) is 0 Å². The van der Waals surface area contributed by atoms with Crippen LogP contribution < -0.4 is 10.6 Å². The lowest BCUT2D eigenvalue weighted by molar-refractivity contribution is -0.130. The first kappa shape index (κ1) is 20.9. The van der Waals surface area contributed by atoms with Gasteiger partial charge in [0.1, 0.15) is 12.3 Å². The van der Waals surface area contributed by atoms with Gasteiger partial charge in [0.05, 0.1) is 12.7 Å². The van der Waals surface area contributed by atoms with E-state index in [2.05, 4.69) is 53.5 Å². The average Bonchev–Trinajstić information content (AvgIpc) is 3.19. The van der Waals surface area contributed by atoms with E-state index in [1.807, 2.05) is 24.0 Å². The van der Waals surface area contributed by atoms with Gasteiger partial charge in [0, 0.05) is 25.0 Å². The van der Waals surface area contributed by atoms with E-state index in [0.29, 0.717) is 31.5 Å². The summed E-state index contributed by atoms with van der Waals surface area (Å²) in [4.78, 5) is 23.3. The van der Waals surface area contributed by atoms with Crippen LogP contribution in [0, 0.1) is 0 Å². The predicted molar refractivity (Wildman–Crippen MR) is 114 cm³/mol. The first-order chi connectivity index (χ1) is 13.9. The van der Waals surface area contributed by atoms with Gasteiger partial charge in [0.15, 0.2) is 5.96 Å². The largest absolute Gasteiger partial charge is 0.443 e. The molecule has 0 fully saturated rings. The van der Waals surface area contributed by atoms with Crippen LogP contribution in [-0.4, -0.2) is 41.4 Å². The molecule has 7 nitrogen and oxygen atoms in total. The van der Waals surface area contributed by atoms with Crippen molar-refractivity contribution >= 4 is 11.9 Å². The zero-order valence-corrected chi connectivity index (χ0v) is 17.8. The monoisotopic (exact) mass is 397 g/mol. The first-order valence-electron chi connectivity index (χ1n) is 10.2. The highest BCUT2D eigenvalue weighted by Crippen LogP contribution is 2.22. The average molecular weight is 398 g/mol. The third kappa shape index (κ3) is 5.59. The summed E-state index contributed by atoms with van der Waals surface area (Å²) < 4.78 is 5.80. The topological polar surface area (TPSA) is 82.8 Å². The highest BCUT2D eigenvalue weighted by atomic mass is 16.4. The molecule has 1 aliphatic heterocycles. The van der Waals surface area contributed by atoms with Crippen molar-refractivity contribution in [3.8, 4) is 0 Å². The second kappa shape index (κ2) is 9.11. The summed E-state index contributed by atoms with van der Waals surface area (Å²) >= 11 is 0. The number of nitrogens with zero attached hydrogens (tertiary/aromatic N) is 3. The predicted octanol–water partition coefficient (Wildman–Crippen LogP) is 2.61. The highest BCUT2D eigenvalue weighted by molar-refractivity contribution is 5.85. The maximum absolute atomic E-state index is 12.6. The van der Waals surface area contributed by atoms with Crippen molar-refractivity contribution in [1.29, 1.82) is 0 Å². The molecule has 1 amide bonds. The molecular weight excluding hydrogens is 366 g/mol. The molecule has 1 aromatic carbocycles. The number of aromatic nitrogens is 1. The number of hydrogen-bond donors (Lipinski definition) is 2. The molecule has 0 bridgehead atoms. The van der Waals surface area contributed by atoms with Gasteiger partial charge in [-0.3, -0.25) is 4.79 Å². The van der Waals surface area contributed by atoms with Crippen LogP contribution in [-0.2, 0) is 29.7 Å². The van der Waals surface area contributed by atoms with E-state index < -0.39 is 0 Å². The van der Waals surface area contributed by atoms with Gasteiger partial charge >= 0.3 is 0 Å². The Kier molecular flexibility index (Phi) is 6.56. The van der Waals surface area contributed by atoms with E-state index in [0.717, 1.165) is 18.7 Å². The van der Waals surface area contributed by atoms with Crippen LogP contribution in [0.1, 0.15) is 50.5 Å². The lowest BCUT2D eigenvalue weighted by Gasteiger charge is -2.28. The van der Waals surface area contributed by atoms with Gasteiger partial charge in [0.25, 0.3) is 0 Å². The Labute approximate surface area is 172 Å². The van der Waals surface area contributed by atoms with Crippen LogP contribution in [0.4, 0.5) is 0 Å². The Bertz CT molecular complexity index is 866. The molecule has 29 heavy (non-hydrogen) atoms. The van der Waals surface area contributed by atoms with Crippen molar-refractivity contribution in [3.05, 3.63) is 53.2 Å². The summed E-state index contributed by atoms with van der Waals surface area (Å²) in [7, 11) is 0. The van der Waals surface area contributed by atoms with Crippen molar-refractivity contribution in [2.24, 2.45) is 4.99 Å². The van der Waals surface area contributed by atoms with Crippen molar-refractivity contribution in [1.82, 2.24) is 20.5 Å². The Morgan fingerprint density at radius 2 is 2.00 bits per heavy atom. The molecule has 0 aliphatic carbocycles. The van der Waals surface area contributed by atoms with E-state index in [1.165, 1.54) is 11.1 Å². The number of benzene rings is 1. The smallest absolute Gasteiger partial charge is 0.244 e. The van der Waals surface area contributed by atoms with Crippen LogP contribution in [0.15, 0.2) is 39.9 Å². The first-order valence-corrected chi connectivity index (χ1v) is 10.2. The highest BCUT2D eigenvalue weighted by Gasteiger charge is 2.21. The minimum absolute atomic E-state index is 0.0304. The Morgan fingerprint density at radius 1 is 1.24 bits per heavy atom. The summed E-state index contributed by atoms with van der Waals surface area (Å²) in [5.74, 6) is 2.05. The molecule has 0 saturated carbocycles. The quantitative estimate of drug-likeness (QED) is 0.599. The number of fused-ring (bicyclic) bond motifs is 1. The van der Waals surface area contributed by atoms with Crippen molar-refractivity contribution in [3.63, 3.8) is 0 Å². The number of rotatable bonds is 5. The summed E-state index contributed by atoms with van der Waals surface area (Å²) in [6.07, 6.45) is 2.66. The number of carbonyl (C=O) groups excluding carboxylic acids is 1. The number of hydrogen-bond acceptors (Lipinski definition) is 4. The van der Waals surface area contributed by atoms with Gasteiger partial charge in [-0.05, 0) is 24.5 Å². The zero-order valence-electron chi connectivity index (χ0n) is 17.8. The van der Waals surface area contributed by atoms with Crippen molar-refractivity contribution in [2.75, 3.05) is 19.6 Å². The molecule has 2 heterocycles. The number of oxazole rings is 1. The van der Waals surface area contributed by atoms with Crippen LogP contribution in [0.5, 0.6) is 0 Å². The number of aliphatic imine (C=N–C) groups is 1. The molecule has 3 rings (SSSR count). The molecule has 0 atom stereocenters. The molecule has 156 valence electrons.